The Morgan fingerprint density at radius 2 is 2.11 bits per heavy atom. The number of aromatic nitrogens is 2. The molecule has 0 aliphatic rings. The van der Waals surface area contributed by atoms with Crippen molar-refractivity contribution in [3.05, 3.63) is 44.8 Å². The molecule has 1 heterocycles. The number of rotatable bonds is 2. The van der Waals surface area contributed by atoms with Crippen LogP contribution in [-0.2, 0) is 7.05 Å². The van der Waals surface area contributed by atoms with E-state index in [1.54, 1.807) is 17.9 Å². The number of hydrogen-bond acceptors (Lipinski definition) is 2. The number of benzene rings is 1. The minimum absolute atomic E-state index is 0.120. The van der Waals surface area contributed by atoms with E-state index in [9.17, 15) is 4.79 Å². The molecule has 0 atom stereocenters. The third kappa shape index (κ3) is 2.72. The summed E-state index contributed by atoms with van der Waals surface area (Å²) in [6.45, 7) is 3.80. The van der Waals surface area contributed by atoms with Gasteiger partial charge in [0.25, 0.3) is 5.91 Å². The SMILES string of the molecule is Cc1ccc(I)cc1NC(=O)c1cn(C)nc1C. The fraction of sp³-hybridized carbons (Fsp3) is 0.231. The molecular weight excluding hydrogens is 341 g/mol. The van der Waals surface area contributed by atoms with Crippen molar-refractivity contribution in [3.63, 3.8) is 0 Å². The van der Waals surface area contributed by atoms with Gasteiger partial charge in [-0.2, -0.15) is 5.10 Å². The second-order valence-electron chi connectivity index (χ2n) is 4.22. The zero-order valence-corrected chi connectivity index (χ0v) is 12.6. The molecule has 18 heavy (non-hydrogen) atoms. The van der Waals surface area contributed by atoms with Gasteiger partial charge in [-0.05, 0) is 54.1 Å². The maximum absolute atomic E-state index is 12.1. The second kappa shape index (κ2) is 5.09. The Kier molecular flexibility index (Phi) is 3.70. The summed E-state index contributed by atoms with van der Waals surface area (Å²) in [5.41, 5.74) is 3.23. The minimum Gasteiger partial charge on any atom is -0.322 e. The number of nitrogens with zero attached hydrogens (tertiary/aromatic N) is 2. The first-order valence-electron chi connectivity index (χ1n) is 5.55. The summed E-state index contributed by atoms with van der Waals surface area (Å²) in [5, 5.41) is 7.09. The first-order valence-corrected chi connectivity index (χ1v) is 6.63. The van der Waals surface area contributed by atoms with Gasteiger partial charge in [0.1, 0.15) is 0 Å². The predicted octanol–water partition coefficient (Wildman–Crippen LogP) is 2.89. The number of amides is 1. The van der Waals surface area contributed by atoms with Gasteiger partial charge in [-0.25, -0.2) is 0 Å². The Hall–Kier alpha value is -1.37. The van der Waals surface area contributed by atoms with Crippen molar-refractivity contribution in [2.75, 3.05) is 5.32 Å². The average molecular weight is 355 g/mol. The molecular formula is C13H14IN3O. The van der Waals surface area contributed by atoms with Gasteiger partial charge in [0.05, 0.1) is 11.3 Å². The molecule has 5 heteroatoms. The van der Waals surface area contributed by atoms with Gasteiger partial charge in [0, 0.05) is 22.5 Å². The maximum atomic E-state index is 12.1. The van der Waals surface area contributed by atoms with E-state index < -0.39 is 0 Å². The summed E-state index contributed by atoms with van der Waals surface area (Å²) < 4.78 is 2.74. The van der Waals surface area contributed by atoms with E-state index in [-0.39, 0.29) is 5.91 Å². The lowest BCUT2D eigenvalue weighted by molar-refractivity contribution is 0.102. The molecule has 94 valence electrons. The van der Waals surface area contributed by atoms with Crippen LogP contribution in [0.5, 0.6) is 0 Å². The number of carbonyl (C=O) groups excluding carboxylic acids is 1. The molecule has 0 saturated heterocycles. The fourth-order valence-corrected chi connectivity index (χ4v) is 2.23. The highest BCUT2D eigenvalue weighted by Crippen LogP contribution is 2.19. The first-order chi connectivity index (χ1) is 8.47. The third-order valence-electron chi connectivity index (χ3n) is 2.71. The number of hydrogen-bond donors (Lipinski definition) is 1. The quantitative estimate of drug-likeness (QED) is 0.843. The van der Waals surface area contributed by atoms with Crippen LogP contribution in [0.4, 0.5) is 5.69 Å². The zero-order chi connectivity index (χ0) is 13.3. The van der Waals surface area contributed by atoms with Crippen LogP contribution in [0.1, 0.15) is 21.6 Å². The molecule has 4 nitrogen and oxygen atoms in total. The van der Waals surface area contributed by atoms with E-state index >= 15 is 0 Å². The topological polar surface area (TPSA) is 46.9 Å². The molecule has 0 fully saturated rings. The smallest absolute Gasteiger partial charge is 0.259 e. The van der Waals surface area contributed by atoms with Crippen molar-refractivity contribution >= 4 is 34.2 Å². The van der Waals surface area contributed by atoms with Crippen LogP contribution in [0, 0.1) is 17.4 Å². The number of nitrogens with one attached hydrogen (secondary N) is 1. The molecule has 2 rings (SSSR count). The van der Waals surface area contributed by atoms with Crippen LogP contribution in [0.3, 0.4) is 0 Å². The average Bonchev–Trinajstić information content (AvgIpc) is 2.63. The summed E-state index contributed by atoms with van der Waals surface area (Å²) in [5.74, 6) is -0.120. The molecule has 0 radical (unpaired) electrons. The van der Waals surface area contributed by atoms with Crippen molar-refractivity contribution in [1.29, 1.82) is 0 Å². The molecule has 0 bridgehead atoms. The molecule has 0 aliphatic heterocycles. The second-order valence-corrected chi connectivity index (χ2v) is 5.46. The Morgan fingerprint density at radius 3 is 2.72 bits per heavy atom. The van der Waals surface area contributed by atoms with Crippen LogP contribution >= 0.6 is 22.6 Å². The van der Waals surface area contributed by atoms with Crippen molar-refractivity contribution < 1.29 is 4.79 Å². The predicted molar refractivity (Wildman–Crippen MR) is 79.8 cm³/mol. The van der Waals surface area contributed by atoms with Crippen LogP contribution in [0.25, 0.3) is 0 Å². The Labute approximate surface area is 120 Å². The van der Waals surface area contributed by atoms with Gasteiger partial charge >= 0.3 is 0 Å². The van der Waals surface area contributed by atoms with E-state index in [1.165, 1.54) is 0 Å². The van der Waals surface area contributed by atoms with Crippen molar-refractivity contribution in [2.24, 2.45) is 7.05 Å². The summed E-state index contributed by atoms with van der Waals surface area (Å²) in [6, 6.07) is 5.97. The van der Waals surface area contributed by atoms with E-state index in [0.717, 1.165) is 20.5 Å². The van der Waals surface area contributed by atoms with E-state index in [4.69, 9.17) is 0 Å². The Bertz CT molecular complexity index is 604. The highest BCUT2D eigenvalue weighted by molar-refractivity contribution is 14.1. The van der Waals surface area contributed by atoms with Crippen LogP contribution < -0.4 is 5.32 Å². The van der Waals surface area contributed by atoms with Gasteiger partial charge in [-0.15, -0.1) is 0 Å². The Balaban J connectivity index is 2.26. The van der Waals surface area contributed by atoms with Gasteiger partial charge in [0.15, 0.2) is 0 Å². The van der Waals surface area contributed by atoms with Crippen LogP contribution in [0.15, 0.2) is 24.4 Å². The standard InChI is InChI=1S/C13H14IN3O/c1-8-4-5-10(14)6-12(8)15-13(18)11-7-17(3)16-9(11)2/h4-7H,1-3H3,(H,15,18). The van der Waals surface area contributed by atoms with Gasteiger partial charge in [-0.3, -0.25) is 9.48 Å². The third-order valence-corrected chi connectivity index (χ3v) is 3.38. The summed E-state index contributed by atoms with van der Waals surface area (Å²) in [7, 11) is 1.81. The number of carbonyl (C=O) groups is 1. The highest BCUT2D eigenvalue weighted by Gasteiger charge is 2.13. The molecule has 1 aromatic heterocycles. The number of anilines is 1. The molecule has 2 aromatic rings. The lowest BCUT2D eigenvalue weighted by Gasteiger charge is -2.08. The van der Waals surface area contributed by atoms with Crippen LogP contribution in [-0.4, -0.2) is 15.7 Å². The molecule has 0 aliphatic carbocycles. The van der Waals surface area contributed by atoms with Crippen molar-refractivity contribution in [2.45, 2.75) is 13.8 Å². The minimum atomic E-state index is -0.120. The summed E-state index contributed by atoms with van der Waals surface area (Å²) >= 11 is 2.23. The van der Waals surface area contributed by atoms with E-state index in [0.29, 0.717) is 5.56 Å². The molecule has 1 aromatic carbocycles. The van der Waals surface area contributed by atoms with Crippen molar-refractivity contribution in [3.8, 4) is 0 Å². The van der Waals surface area contributed by atoms with Gasteiger partial charge in [-0.1, -0.05) is 6.07 Å². The van der Waals surface area contributed by atoms with Gasteiger partial charge < -0.3 is 5.32 Å². The fourth-order valence-electron chi connectivity index (χ4n) is 1.74. The number of aryl methyl sites for hydroxylation is 3. The van der Waals surface area contributed by atoms with E-state index in [1.807, 2.05) is 32.0 Å². The number of halogens is 1. The molecule has 0 saturated carbocycles. The van der Waals surface area contributed by atoms with Crippen molar-refractivity contribution in [1.82, 2.24) is 9.78 Å². The lowest BCUT2D eigenvalue weighted by Crippen LogP contribution is -2.13. The summed E-state index contributed by atoms with van der Waals surface area (Å²) in [6.07, 6.45) is 1.73. The van der Waals surface area contributed by atoms with E-state index in [2.05, 4.69) is 33.0 Å². The zero-order valence-electron chi connectivity index (χ0n) is 10.5. The van der Waals surface area contributed by atoms with Gasteiger partial charge in [0.2, 0.25) is 0 Å². The molecule has 0 unspecified atom stereocenters. The largest absolute Gasteiger partial charge is 0.322 e. The highest BCUT2D eigenvalue weighted by atomic mass is 127. The first kappa shape index (κ1) is 13.1. The monoisotopic (exact) mass is 355 g/mol. The lowest BCUT2D eigenvalue weighted by atomic mass is 10.2. The normalized spacial score (nSPS) is 10.4. The summed E-state index contributed by atoms with van der Waals surface area (Å²) in [4.78, 5) is 12.1. The maximum Gasteiger partial charge on any atom is 0.259 e. The molecule has 1 N–H and O–H groups in total. The Morgan fingerprint density at radius 1 is 1.39 bits per heavy atom. The van der Waals surface area contributed by atoms with Crippen LogP contribution in [0.2, 0.25) is 0 Å². The molecule has 0 spiro atoms. The molecule has 1 amide bonds.